The summed E-state index contributed by atoms with van der Waals surface area (Å²) in [6.45, 7) is 2.03. The van der Waals surface area contributed by atoms with Crippen LogP contribution in [-0.4, -0.2) is 21.7 Å². The molecule has 2 heterocycles. The molecule has 2 N–H and O–H groups in total. The number of benzene rings is 1. The minimum absolute atomic E-state index is 0.208. The number of anilines is 1. The van der Waals surface area contributed by atoms with E-state index in [1.807, 2.05) is 13.0 Å². The number of nitrogens with two attached hydrogens (primary N) is 1. The van der Waals surface area contributed by atoms with Gasteiger partial charge in [0.15, 0.2) is 0 Å². The highest BCUT2D eigenvalue weighted by Crippen LogP contribution is 2.24. The van der Waals surface area contributed by atoms with Crippen LogP contribution in [0.1, 0.15) is 32.0 Å². The van der Waals surface area contributed by atoms with Gasteiger partial charge in [-0.2, -0.15) is 0 Å². The molecule has 0 unspecified atom stereocenters. The standard InChI is InChI=1S/C15H13N3O2/c1-9-6-10(7-13(16)17-9)8-18-14(19)11-4-2-3-5-12(11)15(18)20/h2-7H,8H2,1H3,(H2,16,17). The van der Waals surface area contributed by atoms with E-state index < -0.39 is 0 Å². The number of aromatic nitrogens is 1. The van der Waals surface area contributed by atoms with Gasteiger partial charge in [0, 0.05) is 5.69 Å². The Morgan fingerprint density at radius 3 is 2.25 bits per heavy atom. The van der Waals surface area contributed by atoms with Crippen molar-refractivity contribution >= 4 is 17.6 Å². The first-order valence-electron chi connectivity index (χ1n) is 6.24. The van der Waals surface area contributed by atoms with Crippen molar-refractivity contribution in [3.05, 3.63) is 58.8 Å². The molecule has 1 aromatic carbocycles. The van der Waals surface area contributed by atoms with E-state index in [4.69, 9.17) is 5.73 Å². The van der Waals surface area contributed by atoms with E-state index in [1.165, 1.54) is 4.90 Å². The number of carbonyl (C=O) groups is 2. The topological polar surface area (TPSA) is 76.3 Å². The van der Waals surface area contributed by atoms with E-state index in [-0.39, 0.29) is 18.4 Å². The zero-order chi connectivity index (χ0) is 14.3. The molecule has 1 aliphatic heterocycles. The van der Waals surface area contributed by atoms with Crippen molar-refractivity contribution in [3.63, 3.8) is 0 Å². The van der Waals surface area contributed by atoms with E-state index >= 15 is 0 Å². The van der Waals surface area contributed by atoms with E-state index in [1.54, 1.807) is 30.3 Å². The molecule has 1 aliphatic rings. The van der Waals surface area contributed by atoms with Gasteiger partial charge in [-0.05, 0) is 36.8 Å². The average Bonchev–Trinajstić information content (AvgIpc) is 2.64. The summed E-state index contributed by atoms with van der Waals surface area (Å²) in [5, 5.41) is 0. The second-order valence-corrected chi connectivity index (χ2v) is 4.78. The second-order valence-electron chi connectivity index (χ2n) is 4.78. The Balaban J connectivity index is 1.93. The Morgan fingerprint density at radius 2 is 1.70 bits per heavy atom. The van der Waals surface area contributed by atoms with Crippen LogP contribution in [0.4, 0.5) is 5.82 Å². The van der Waals surface area contributed by atoms with Gasteiger partial charge in [-0.3, -0.25) is 14.5 Å². The van der Waals surface area contributed by atoms with Gasteiger partial charge in [0.25, 0.3) is 11.8 Å². The van der Waals surface area contributed by atoms with Crippen LogP contribution in [0, 0.1) is 6.92 Å². The molecular weight excluding hydrogens is 254 g/mol. The molecule has 0 fully saturated rings. The second kappa shape index (κ2) is 4.45. The van der Waals surface area contributed by atoms with Crippen molar-refractivity contribution in [2.45, 2.75) is 13.5 Å². The highest BCUT2D eigenvalue weighted by molar-refractivity contribution is 6.21. The normalized spacial score (nSPS) is 13.8. The van der Waals surface area contributed by atoms with Crippen molar-refractivity contribution in [3.8, 4) is 0 Å². The zero-order valence-corrected chi connectivity index (χ0v) is 11.0. The number of imide groups is 1. The van der Waals surface area contributed by atoms with Crippen LogP contribution in [0.2, 0.25) is 0 Å². The zero-order valence-electron chi connectivity index (χ0n) is 11.0. The van der Waals surface area contributed by atoms with Gasteiger partial charge in [0.05, 0.1) is 17.7 Å². The Morgan fingerprint density at radius 1 is 1.10 bits per heavy atom. The minimum atomic E-state index is -0.265. The van der Waals surface area contributed by atoms with Crippen molar-refractivity contribution in [2.24, 2.45) is 0 Å². The molecule has 0 saturated carbocycles. The molecule has 1 aromatic heterocycles. The smallest absolute Gasteiger partial charge is 0.261 e. The lowest BCUT2D eigenvalue weighted by atomic mass is 10.1. The third kappa shape index (κ3) is 1.93. The average molecular weight is 267 g/mol. The summed E-state index contributed by atoms with van der Waals surface area (Å²) in [5.74, 6) is -0.145. The van der Waals surface area contributed by atoms with Gasteiger partial charge in [-0.1, -0.05) is 12.1 Å². The summed E-state index contributed by atoms with van der Waals surface area (Å²) in [4.78, 5) is 29.8. The summed E-state index contributed by atoms with van der Waals surface area (Å²) >= 11 is 0. The molecule has 0 bridgehead atoms. The van der Waals surface area contributed by atoms with Crippen LogP contribution < -0.4 is 5.73 Å². The fraction of sp³-hybridized carbons (Fsp3) is 0.133. The molecule has 0 saturated heterocycles. The molecule has 20 heavy (non-hydrogen) atoms. The lowest BCUT2D eigenvalue weighted by Gasteiger charge is -2.14. The fourth-order valence-electron chi connectivity index (χ4n) is 2.42. The largest absolute Gasteiger partial charge is 0.384 e. The number of rotatable bonds is 2. The van der Waals surface area contributed by atoms with E-state index in [9.17, 15) is 9.59 Å². The molecule has 2 aromatic rings. The van der Waals surface area contributed by atoms with E-state index in [0.29, 0.717) is 16.9 Å². The number of hydrogen-bond donors (Lipinski definition) is 1. The molecule has 0 spiro atoms. The molecule has 2 amide bonds. The lowest BCUT2D eigenvalue weighted by molar-refractivity contribution is 0.0642. The molecule has 5 heteroatoms. The molecule has 0 aliphatic carbocycles. The minimum Gasteiger partial charge on any atom is -0.384 e. The SMILES string of the molecule is Cc1cc(CN2C(=O)c3ccccc3C2=O)cc(N)n1. The third-order valence-electron chi connectivity index (χ3n) is 3.25. The van der Waals surface area contributed by atoms with E-state index in [0.717, 1.165) is 11.3 Å². The molecule has 0 atom stereocenters. The summed E-state index contributed by atoms with van der Waals surface area (Å²) in [6.07, 6.45) is 0. The van der Waals surface area contributed by atoms with Gasteiger partial charge in [-0.15, -0.1) is 0 Å². The summed E-state index contributed by atoms with van der Waals surface area (Å²) in [6, 6.07) is 10.3. The van der Waals surface area contributed by atoms with Crippen molar-refractivity contribution in [1.82, 2.24) is 9.88 Å². The number of pyridine rings is 1. The van der Waals surface area contributed by atoms with Gasteiger partial charge < -0.3 is 5.73 Å². The number of nitrogen functional groups attached to an aromatic ring is 1. The maximum Gasteiger partial charge on any atom is 0.261 e. The summed E-state index contributed by atoms with van der Waals surface area (Å²) in [5.41, 5.74) is 8.15. The Kier molecular flexibility index (Phi) is 2.75. The lowest BCUT2D eigenvalue weighted by Crippen LogP contribution is -2.29. The number of aryl methyl sites for hydroxylation is 1. The Bertz CT molecular complexity index is 670. The highest BCUT2D eigenvalue weighted by atomic mass is 16.2. The van der Waals surface area contributed by atoms with Crippen molar-refractivity contribution in [1.29, 1.82) is 0 Å². The number of amides is 2. The van der Waals surface area contributed by atoms with Crippen LogP contribution in [0.5, 0.6) is 0 Å². The molecule has 5 nitrogen and oxygen atoms in total. The number of fused-ring (bicyclic) bond motifs is 1. The van der Waals surface area contributed by atoms with Gasteiger partial charge in [0.2, 0.25) is 0 Å². The predicted molar refractivity (Wildman–Crippen MR) is 74.0 cm³/mol. The van der Waals surface area contributed by atoms with Crippen LogP contribution in [-0.2, 0) is 6.54 Å². The first-order valence-corrected chi connectivity index (χ1v) is 6.24. The van der Waals surface area contributed by atoms with E-state index in [2.05, 4.69) is 4.98 Å². The van der Waals surface area contributed by atoms with Crippen LogP contribution in [0.25, 0.3) is 0 Å². The molecule has 100 valence electrons. The maximum atomic E-state index is 12.2. The quantitative estimate of drug-likeness (QED) is 0.841. The van der Waals surface area contributed by atoms with Gasteiger partial charge >= 0.3 is 0 Å². The maximum absolute atomic E-state index is 12.2. The summed E-state index contributed by atoms with van der Waals surface area (Å²) < 4.78 is 0. The third-order valence-corrected chi connectivity index (χ3v) is 3.25. The highest BCUT2D eigenvalue weighted by Gasteiger charge is 2.34. The summed E-state index contributed by atoms with van der Waals surface area (Å²) in [7, 11) is 0. The van der Waals surface area contributed by atoms with Crippen LogP contribution in [0.3, 0.4) is 0 Å². The predicted octanol–water partition coefficient (Wildman–Crippen LogP) is 1.77. The van der Waals surface area contributed by atoms with Crippen molar-refractivity contribution < 1.29 is 9.59 Å². The number of carbonyl (C=O) groups excluding carboxylic acids is 2. The van der Waals surface area contributed by atoms with Gasteiger partial charge in [0.1, 0.15) is 5.82 Å². The molecule has 0 radical (unpaired) electrons. The van der Waals surface area contributed by atoms with Crippen LogP contribution in [0.15, 0.2) is 36.4 Å². The molecular formula is C15H13N3O2. The fourth-order valence-corrected chi connectivity index (χ4v) is 2.42. The van der Waals surface area contributed by atoms with Crippen LogP contribution >= 0.6 is 0 Å². The Hall–Kier alpha value is -2.69. The van der Waals surface area contributed by atoms with Gasteiger partial charge in [-0.25, -0.2) is 4.98 Å². The molecule has 3 rings (SSSR count). The monoisotopic (exact) mass is 267 g/mol. The number of hydrogen-bond acceptors (Lipinski definition) is 4. The first kappa shape index (κ1) is 12.3. The van der Waals surface area contributed by atoms with Crippen molar-refractivity contribution in [2.75, 3.05) is 5.73 Å². The Labute approximate surface area is 116 Å². The number of nitrogens with zero attached hydrogens (tertiary/aromatic N) is 2. The first-order chi connectivity index (χ1) is 9.56.